The minimum absolute atomic E-state index is 0.171. The largest absolute Gasteiger partial charge is 0.352 e. The maximum atomic E-state index is 14.3. The number of carbonyl (C=O) groups is 3. The number of rotatable bonds is 3. The second-order valence-electron chi connectivity index (χ2n) is 9.19. The molecule has 1 amide bonds. The van der Waals surface area contributed by atoms with Crippen LogP contribution in [0.5, 0.6) is 0 Å². The van der Waals surface area contributed by atoms with Gasteiger partial charge in [-0.3, -0.25) is 14.4 Å². The lowest BCUT2D eigenvalue weighted by molar-refractivity contribution is -0.122. The molecule has 3 aromatic rings. The molecular formula is C28H20BrClN2O3. The van der Waals surface area contributed by atoms with Gasteiger partial charge in [-0.2, -0.15) is 0 Å². The molecule has 0 bridgehead atoms. The minimum atomic E-state index is -1.27. The molecule has 5 nitrogen and oxygen atoms in total. The van der Waals surface area contributed by atoms with E-state index in [1.165, 1.54) is 6.92 Å². The number of anilines is 2. The molecule has 3 aromatic carbocycles. The predicted octanol–water partition coefficient (Wildman–Crippen LogP) is 5.66. The Labute approximate surface area is 215 Å². The van der Waals surface area contributed by atoms with Crippen LogP contribution in [-0.4, -0.2) is 29.6 Å². The number of halogens is 2. The van der Waals surface area contributed by atoms with Crippen LogP contribution in [0.2, 0.25) is 5.02 Å². The Kier molecular flexibility index (Phi) is 5.02. The number of fused-ring (bicyclic) bond motifs is 6. The lowest BCUT2D eigenvalue weighted by Crippen LogP contribution is -2.51. The maximum absolute atomic E-state index is 14.3. The van der Waals surface area contributed by atoms with Crippen molar-refractivity contribution in [1.29, 1.82) is 0 Å². The van der Waals surface area contributed by atoms with Crippen molar-refractivity contribution < 1.29 is 14.4 Å². The summed E-state index contributed by atoms with van der Waals surface area (Å²) in [6, 6.07) is 18.6. The molecule has 0 saturated carbocycles. The highest BCUT2D eigenvalue weighted by atomic mass is 79.9. The van der Waals surface area contributed by atoms with Gasteiger partial charge < -0.3 is 10.2 Å². The molecule has 0 unspecified atom stereocenters. The molecule has 7 heteroatoms. The van der Waals surface area contributed by atoms with Crippen molar-refractivity contribution in [2.24, 2.45) is 5.92 Å². The molecular weight excluding hydrogens is 528 g/mol. The summed E-state index contributed by atoms with van der Waals surface area (Å²) < 4.78 is 0.841. The molecule has 1 fully saturated rings. The van der Waals surface area contributed by atoms with Crippen LogP contribution in [0.3, 0.4) is 0 Å². The number of hydrogen-bond donors (Lipinski definition) is 1. The van der Waals surface area contributed by atoms with Gasteiger partial charge in [0.25, 0.3) is 0 Å². The fourth-order valence-corrected chi connectivity index (χ4v) is 6.54. The molecule has 0 radical (unpaired) electrons. The van der Waals surface area contributed by atoms with Crippen LogP contribution >= 0.6 is 27.5 Å². The van der Waals surface area contributed by atoms with Gasteiger partial charge in [-0.15, -0.1) is 0 Å². The van der Waals surface area contributed by atoms with Crippen LogP contribution in [0.15, 0.2) is 77.3 Å². The summed E-state index contributed by atoms with van der Waals surface area (Å²) in [5, 5.41) is 3.59. The van der Waals surface area contributed by atoms with Gasteiger partial charge >= 0.3 is 0 Å². The molecule has 4 atom stereocenters. The van der Waals surface area contributed by atoms with E-state index >= 15 is 0 Å². The van der Waals surface area contributed by atoms with E-state index < -0.39 is 23.4 Å². The SMILES string of the molecule is CC(=O)[C@H]1[C@@H](C(=O)c2ccc(Br)cc2)[C@]2(C(=O)Nc3ccccc32)[C@H]2C=Cc3cc(Cl)ccc3N12. The van der Waals surface area contributed by atoms with Crippen molar-refractivity contribution in [1.82, 2.24) is 0 Å². The normalized spacial score (nSPS) is 25.7. The predicted molar refractivity (Wildman–Crippen MR) is 140 cm³/mol. The quantitative estimate of drug-likeness (QED) is 0.430. The highest BCUT2D eigenvalue weighted by Gasteiger charge is 2.69. The van der Waals surface area contributed by atoms with Crippen LogP contribution < -0.4 is 10.2 Å². The van der Waals surface area contributed by atoms with Gasteiger partial charge in [-0.25, -0.2) is 0 Å². The van der Waals surface area contributed by atoms with Crippen molar-refractivity contribution in [3.63, 3.8) is 0 Å². The smallest absolute Gasteiger partial charge is 0.238 e. The molecule has 0 aromatic heterocycles. The second-order valence-corrected chi connectivity index (χ2v) is 10.5. The molecule has 1 saturated heterocycles. The highest BCUT2D eigenvalue weighted by molar-refractivity contribution is 9.10. The molecule has 1 N–H and O–H groups in total. The van der Waals surface area contributed by atoms with Gasteiger partial charge in [0, 0.05) is 26.4 Å². The molecule has 3 heterocycles. The Morgan fingerprint density at radius 1 is 1.06 bits per heavy atom. The van der Waals surface area contributed by atoms with E-state index in [2.05, 4.69) is 21.2 Å². The second kappa shape index (κ2) is 7.90. The van der Waals surface area contributed by atoms with Gasteiger partial charge in [-0.05, 0) is 54.4 Å². The van der Waals surface area contributed by atoms with Crippen LogP contribution in [0, 0.1) is 5.92 Å². The fraction of sp³-hybridized carbons (Fsp3) is 0.179. The first kappa shape index (κ1) is 22.3. The molecule has 35 heavy (non-hydrogen) atoms. The lowest BCUT2D eigenvalue weighted by atomic mass is 9.64. The van der Waals surface area contributed by atoms with Crippen LogP contribution in [-0.2, 0) is 15.0 Å². The standard InChI is InChI=1S/C28H20BrClN2O3/c1-15(33)25-24(26(34)16-6-9-18(29)10-7-16)28(20-4-2-3-5-21(20)31-27(28)35)23-13-8-17-14-19(30)11-12-22(17)32(23)25/h2-14,23-25H,1H3,(H,31,35)/t23-,24+,25+,28-/m1/s1. The first-order chi connectivity index (χ1) is 16.8. The molecule has 174 valence electrons. The number of benzene rings is 3. The topological polar surface area (TPSA) is 66.5 Å². The molecule has 6 rings (SSSR count). The number of amides is 1. The highest BCUT2D eigenvalue weighted by Crippen LogP contribution is 2.57. The maximum Gasteiger partial charge on any atom is 0.238 e. The van der Waals surface area contributed by atoms with Crippen molar-refractivity contribution in [2.45, 2.75) is 24.4 Å². The summed E-state index contributed by atoms with van der Waals surface area (Å²) in [7, 11) is 0. The van der Waals surface area contributed by atoms with E-state index in [1.54, 1.807) is 30.3 Å². The van der Waals surface area contributed by atoms with E-state index in [4.69, 9.17) is 11.6 Å². The van der Waals surface area contributed by atoms with Crippen molar-refractivity contribution in [3.8, 4) is 0 Å². The first-order valence-electron chi connectivity index (χ1n) is 11.3. The monoisotopic (exact) mass is 546 g/mol. The first-order valence-corrected chi connectivity index (χ1v) is 12.5. The van der Waals surface area contributed by atoms with Gasteiger partial charge in [0.15, 0.2) is 11.6 Å². The van der Waals surface area contributed by atoms with Gasteiger partial charge in [0.05, 0.1) is 18.0 Å². The number of hydrogen-bond acceptors (Lipinski definition) is 4. The molecule has 1 spiro atoms. The van der Waals surface area contributed by atoms with Crippen LogP contribution in [0.4, 0.5) is 11.4 Å². The van der Waals surface area contributed by atoms with E-state index in [0.717, 1.165) is 21.3 Å². The zero-order valence-electron chi connectivity index (χ0n) is 18.7. The Hall–Kier alpha value is -3.22. The summed E-state index contributed by atoms with van der Waals surface area (Å²) in [4.78, 5) is 43.6. The zero-order valence-corrected chi connectivity index (χ0v) is 21.0. The third kappa shape index (κ3) is 3.03. The zero-order chi connectivity index (χ0) is 24.5. The Bertz CT molecular complexity index is 1450. The Morgan fingerprint density at radius 3 is 2.54 bits per heavy atom. The average molecular weight is 548 g/mol. The van der Waals surface area contributed by atoms with Crippen molar-refractivity contribution in [2.75, 3.05) is 10.2 Å². The number of carbonyl (C=O) groups excluding carboxylic acids is 3. The number of nitrogens with one attached hydrogen (secondary N) is 1. The average Bonchev–Trinajstić information content (AvgIpc) is 3.32. The minimum Gasteiger partial charge on any atom is -0.352 e. The number of ketones is 2. The third-order valence-corrected chi connectivity index (χ3v) is 8.19. The third-order valence-electron chi connectivity index (χ3n) is 7.42. The van der Waals surface area contributed by atoms with E-state index in [-0.39, 0.29) is 17.5 Å². The summed E-state index contributed by atoms with van der Waals surface area (Å²) >= 11 is 9.68. The lowest BCUT2D eigenvalue weighted by Gasteiger charge is -2.37. The van der Waals surface area contributed by atoms with Crippen LogP contribution in [0.1, 0.15) is 28.4 Å². The van der Waals surface area contributed by atoms with Crippen molar-refractivity contribution in [3.05, 3.63) is 99.0 Å². The summed E-state index contributed by atoms with van der Waals surface area (Å²) in [6.45, 7) is 1.50. The number of nitrogens with zero attached hydrogens (tertiary/aromatic N) is 1. The Morgan fingerprint density at radius 2 is 1.80 bits per heavy atom. The van der Waals surface area contributed by atoms with Gasteiger partial charge in [0.1, 0.15) is 5.41 Å². The summed E-state index contributed by atoms with van der Waals surface area (Å²) in [5.41, 5.74) is 2.22. The molecule has 3 aliphatic heterocycles. The van der Waals surface area contributed by atoms with Crippen LogP contribution in [0.25, 0.3) is 6.08 Å². The fourth-order valence-electron chi connectivity index (χ4n) is 6.10. The van der Waals surface area contributed by atoms with Crippen molar-refractivity contribution >= 4 is 62.5 Å². The number of Topliss-reactive ketones (excluding diaryl/α,β-unsaturated/α-hetero) is 2. The van der Waals surface area contributed by atoms with E-state index in [1.807, 2.05) is 53.5 Å². The van der Waals surface area contributed by atoms with E-state index in [0.29, 0.717) is 16.3 Å². The summed E-state index contributed by atoms with van der Waals surface area (Å²) in [6.07, 6.45) is 3.87. The van der Waals surface area contributed by atoms with E-state index in [9.17, 15) is 14.4 Å². The van der Waals surface area contributed by atoms with Gasteiger partial charge in [-0.1, -0.05) is 70.0 Å². The summed E-state index contributed by atoms with van der Waals surface area (Å²) in [5.74, 6) is -1.60. The Balaban J connectivity index is 1.65. The number of para-hydroxylation sites is 1. The van der Waals surface area contributed by atoms with Gasteiger partial charge in [0.2, 0.25) is 5.91 Å². The molecule has 3 aliphatic rings. The molecule has 0 aliphatic carbocycles.